The van der Waals surface area contributed by atoms with Gasteiger partial charge in [0.15, 0.2) is 11.5 Å². The number of hydrogen-bond acceptors (Lipinski definition) is 4. The summed E-state index contributed by atoms with van der Waals surface area (Å²) in [5.41, 5.74) is 7.04. The molecular formula is C16H16ClNO3. The molecule has 5 heteroatoms. The summed E-state index contributed by atoms with van der Waals surface area (Å²) in [5.74, 6) is 2.51. The summed E-state index contributed by atoms with van der Waals surface area (Å²) in [4.78, 5) is 0. The van der Waals surface area contributed by atoms with Gasteiger partial charge in [-0.2, -0.15) is 0 Å². The Bertz CT molecular complexity index is 643. The number of fused-ring (bicyclic) bond motifs is 1. The zero-order valence-electron chi connectivity index (χ0n) is 11.6. The van der Waals surface area contributed by atoms with Gasteiger partial charge in [0.2, 0.25) is 5.75 Å². The van der Waals surface area contributed by atoms with Crippen molar-refractivity contribution in [2.45, 2.75) is 12.5 Å². The van der Waals surface area contributed by atoms with Crippen LogP contribution in [0.2, 0.25) is 5.02 Å². The van der Waals surface area contributed by atoms with E-state index in [2.05, 4.69) is 0 Å². The fourth-order valence-electron chi connectivity index (χ4n) is 2.35. The first kappa shape index (κ1) is 14.0. The lowest BCUT2D eigenvalue weighted by Crippen LogP contribution is -2.21. The second-order valence-corrected chi connectivity index (χ2v) is 5.25. The Kier molecular flexibility index (Phi) is 3.90. The molecule has 0 aromatic heterocycles. The van der Waals surface area contributed by atoms with E-state index < -0.39 is 0 Å². The van der Waals surface area contributed by atoms with Crippen molar-refractivity contribution >= 4 is 11.6 Å². The third-order valence-electron chi connectivity index (χ3n) is 3.43. The molecule has 0 fully saturated rings. The highest BCUT2D eigenvalue weighted by atomic mass is 35.5. The van der Waals surface area contributed by atoms with Crippen LogP contribution in [0.25, 0.3) is 0 Å². The summed E-state index contributed by atoms with van der Waals surface area (Å²) in [6.45, 7) is 0.578. The summed E-state index contributed by atoms with van der Waals surface area (Å²) in [6, 6.07) is 10.9. The van der Waals surface area contributed by atoms with Crippen LogP contribution in [0.5, 0.6) is 23.0 Å². The molecule has 2 aromatic rings. The van der Waals surface area contributed by atoms with E-state index in [1.807, 2.05) is 12.1 Å². The van der Waals surface area contributed by atoms with Crippen molar-refractivity contribution in [2.24, 2.45) is 5.73 Å². The third-order valence-corrected chi connectivity index (χ3v) is 3.68. The fraction of sp³-hybridized carbons (Fsp3) is 0.250. The molecule has 0 saturated carbocycles. The molecule has 0 saturated heterocycles. The lowest BCUT2D eigenvalue weighted by molar-refractivity contribution is 0.249. The highest BCUT2D eigenvalue weighted by Gasteiger charge is 2.24. The number of benzene rings is 2. The molecule has 1 unspecified atom stereocenters. The Morgan fingerprint density at radius 2 is 1.95 bits per heavy atom. The number of halogens is 1. The fourth-order valence-corrected chi connectivity index (χ4v) is 2.47. The molecule has 0 aliphatic carbocycles. The Morgan fingerprint density at radius 1 is 1.19 bits per heavy atom. The van der Waals surface area contributed by atoms with Crippen LogP contribution >= 0.6 is 11.6 Å². The zero-order valence-corrected chi connectivity index (χ0v) is 12.4. The van der Waals surface area contributed by atoms with E-state index in [0.717, 1.165) is 12.0 Å². The van der Waals surface area contributed by atoms with Crippen molar-refractivity contribution in [1.82, 2.24) is 0 Å². The molecule has 0 bridgehead atoms. The number of ether oxygens (including phenoxy) is 3. The maximum absolute atomic E-state index is 6.10. The molecule has 2 N–H and O–H groups in total. The molecule has 3 rings (SSSR count). The van der Waals surface area contributed by atoms with Crippen molar-refractivity contribution in [3.63, 3.8) is 0 Å². The largest absolute Gasteiger partial charge is 0.490 e. The highest BCUT2D eigenvalue weighted by molar-refractivity contribution is 6.30. The van der Waals surface area contributed by atoms with Crippen LogP contribution in [-0.4, -0.2) is 13.7 Å². The smallest absolute Gasteiger partial charge is 0.204 e. The van der Waals surface area contributed by atoms with Gasteiger partial charge in [0.25, 0.3) is 0 Å². The molecule has 1 aliphatic heterocycles. The van der Waals surface area contributed by atoms with Crippen molar-refractivity contribution < 1.29 is 14.2 Å². The first-order chi connectivity index (χ1) is 10.2. The van der Waals surface area contributed by atoms with Gasteiger partial charge in [0.1, 0.15) is 5.75 Å². The van der Waals surface area contributed by atoms with Gasteiger partial charge in [0, 0.05) is 23.0 Å². The van der Waals surface area contributed by atoms with Crippen molar-refractivity contribution in [3.05, 3.63) is 47.0 Å². The zero-order chi connectivity index (χ0) is 14.8. The predicted octanol–water partition coefficient (Wildman–Crippen LogP) is 3.92. The second kappa shape index (κ2) is 5.84. The van der Waals surface area contributed by atoms with E-state index in [4.69, 9.17) is 31.5 Å². The van der Waals surface area contributed by atoms with Gasteiger partial charge in [-0.3, -0.25) is 0 Å². The second-order valence-electron chi connectivity index (χ2n) is 4.81. The number of nitrogens with two attached hydrogens (primary N) is 1. The summed E-state index contributed by atoms with van der Waals surface area (Å²) in [5, 5.41) is 0.661. The minimum absolute atomic E-state index is 0.0350. The van der Waals surface area contributed by atoms with Gasteiger partial charge in [-0.1, -0.05) is 11.6 Å². The first-order valence-corrected chi connectivity index (χ1v) is 7.09. The van der Waals surface area contributed by atoms with Gasteiger partial charge in [-0.25, -0.2) is 0 Å². The van der Waals surface area contributed by atoms with Gasteiger partial charge in [0.05, 0.1) is 13.7 Å². The number of hydrogen-bond donors (Lipinski definition) is 1. The Hall–Kier alpha value is -1.91. The topological polar surface area (TPSA) is 53.7 Å². The van der Waals surface area contributed by atoms with Crippen LogP contribution in [0.4, 0.5) is 0 Å². The molecule has 2 aromatic carbocycles. The van der Waals surface area contributed by atoms with Gasteiger partial charge >= 0.3 is 0 Å². The first-order valence-electron chi connectivity index (χ1n) is 6.71. The summed E-state index contributed by atoms with van der Waals surface area (Å²) in [6.07, 6.45) is 0.799. The molecule has 1 heterocycles. The molecule has 1 aliphatic rings. The van der Waals surface area contributed by atoms with Crippen LogP contribution in [0.1, 0.15) is 18.0 Å². The molecule has 110 valence electrons. The molecule has 0 spiro atoms. The highest BCUT2D eigenvalue weighted by Crippen LogP contribution is 2.45. The predicted molar refractivity (Wildman–Crippen MR) is 81.6 cm³/mol. The van der Waals surface area contributed by atoms with Crippen LogP contribution < -0.4 is 19.9 Å². The van der Waals surface area contributed by atoms with E-state index in [1.165, 1.54) is 0 Å². The Labute approximate surface area is 128 Å². The van der Waals surface area contributed by atoms with Gasteiger partial charge in [-0.15, -0.1) is 0 Å². The summed E-state index contributed by atoms with van der Waals surface area (Å²) >= 11 is 5.87. The van der Waals surface area contributed by atoms with Crippen LogP contribution in [0, 0.1) is 0 Å². The van der Waals surface area contributed by atoms with E-state index in [9.17, 15) is 0 Å². The van der Waals surface area contributed by atoms with Crippen LogP contribution in [0.15, 0.2) is 36.4 Å². The van der Waals surface area contributed by atoms with E-state index in [1.54, 1.807) is 31.4 Å². The number of rotatable bonds is 3. The minimum Gasteiger partial charge on any atom is -0.490 e. The van der Waals surface area contributed by atoms with Crippen LogP contribution in [-0.2, 0) is 0 Å². The quantitative estimate of drug-likeness (QED) is 0.933. The summed E-state index contributed by atoms with van der Waals surface area (Å²) in [7, 11) is 1.59. The average molecular weight is 306 g/mol. The monoisotopic (exact) mass is 305 g/mol. The summed E-state index contributed by atoms with van der Waals surface area (Å²) < 4.78 is 17.0. The molecule has 0 amide bonds. The average Bonchev–Trinajstić information content (AvgIpc) is 2.49. The van der Waals surface area contributed by atoms with Crippen molar-refractivity contribution in [1.29, 1.82) is 0 Å². The standard InChI is InChI=1S/C16H16ClNO3/c1-19-16-14(21-11-4-2-10(17)3-5-11)7-6-12-13(18)8-9-20-15(12)16/h2-7,13H,8-9,18H2,1H3. The SMILES string of the molecule is COc1c(Oc2ccc(Cl)cc2)ccc2c1OCCC2N. The minimum atomic E-state index is -0.0350. The molecule has 1 atom stereocenters. The normalized spacial score (nSPS) is 16.8. The lowest BCUT2D eigenvalue weighted by atomic mass is 10.0. The molecule has 4 nitrogen and oxygen atoms in total. The molecule has 21 heavy (non-hydrogen) atoms. The van der Waals surface area contributed by atoms with E-state index in [0.29, 0.717) is 34.6 Å². The third kappa shape index (κ3) is 2.77. The Morgan fingerprint density at radius 3 is 2.67 bits per heavy atom. The van der Waals surface area contributed by atoms with Gasteiger partial charge < -0.3 is 19.9 Å². The van der Waals surface area contributed by atoms with Crippen LogP contribution in [0.3, 0.4) is 0 Å². The lowest BCUT2D eigenvalue weighted by Gasteiger charge is -2.25. The van der Waals surface area contributed by atoms with Crippen molar-refractivity contribution in [2.75, 3.05) is 13.7 Å². The maximum Gasteiger partial charge on any atom is 0.204 e. The van der Waals surface area contributed by atoms with Gasteiger partial charge in [-0.05, 0) is 36.4 Å². The number of methoxy groups -OCH3 is 1. The molecule has 0 radical (unpaired) electrons. The van der Waals surface area contributed by atoms with E-state index >= 15 is 0 Å². The van der Waals surface area contributed by atoms with Crippen molar-refractivity contribution in [3.8, 4) is 23.0 Å². The Balaban J connectivity index is 1.97. The maximum atomic E-state index is 6.10. The molecular weight excluding hydrogens is 290 g/mol. The van der Waals surface area contributed by atoms with E-state index in [-0.39, 0.29) is 6.04 Å².